The van der Waals surface area contributed by atoms with Crippen LogP contribution in [0.5, 0.6) is 0 Å². The summed E-state index contributed by atoms with van der Waals surface area (Å²) >= 11 is 0. The van der Waals surface area contributed by atoms with E-state index in [9.17, 15) is 9.90 Å². The molecule has 0 spiro atoms. The van der Waals surface area contributed by atoms with Gasteiger partial charge in [-0.1, -0.05) is 6.92 Å². The zero-order valence-corrected chi connectivity index (χ0v) is 11.6. The van der Waals surface area contributed by atoms with Crippen molar-refractivity contribution < 1.29 is 14.6 Å². The second-order valence-electron chi connectivity index (χ2n) is 5.67. The topological polar surface area (TPSA) is 73.6 Å². The van der Waals surface area contributed by atoms with E-state index in [2.05, 4.69) is 6.07 Å². The van der Waals surface area contributed by atoms with Crippen molar-refractivity contribution in [2.45, 2.75) is 45.8 Å². The van der Waals surface area contributed by atoms with Gasteiger partial charge in [-0.15, -0.1) is 0 Å². The number of nitrogens with zero attached hydrogens (tertiary/aromatic N) is 2. The summed E-state index contributed by atoms with van der Waals surface area (Å²) in [7, 11) is 0. The summed E-state index contributed by atoms with van der Waals surface area (Å²) in [6.45, 7) is 7.91. The summed E-state index contributed by atoms with van der Waals surface area (Å²) in [5.41, 5.74) is -1.49. The van der Waals surface area contributed by atoms with Crippen LogP contribution in [-0.2, 0) is 9.53 Å². The molecule has 18 heavy (non-hydrogen) atoms. The zero-order chi connectivity index (χ0) is 14.0. The van der Waals surface area contributed by atoms with E-state index in [1.807, 2.05) is 20.8 Å². The van der Waals surface area contributed by atoms with Crippen LogP contribution in [0.15, 0.2) is 0 Å². The summed E-state index contributed by atoms with van der Waals surface area (Å²) in [5, 5.41) is 18.4. The maximum Gasteiger partial charge on any atom is 0.242 e. The molecule has 0 saturated carbocycles. The zero-order valence-electron chi connectivity index (χ0n) is 11.6. The van der Waals surface area contributed by atoms with Crippen LogP contribution in [0.3, 0.4) is 0 Å². The SMILES string of the molecule is CCC(C)(C#N)C(=O)N1CC(CO)OC(C)(C)C1. The van der Waals surface area contributed by atoms with Crippen LogP contribution in [0.25, 0.3) is 0 Å². The van der Waals surface area contributed by atoms with E-state index >= 15 is 0 Å². The minimum Gasteiger partial charge on any atom is -0.394 e. The first-order chi connectivity index (χ1) is 8.28. The number of ether oxygens (including phenoxy) is 1. The van der Waals surface area contributed by atoms with Gasteiger partial charge >= 0.3 is 0 Å². The highest BCUT2D eigenvalue weighted by molar-refractivity contribution is 5.85. The smallest absolute Gasteiger partial charge is 0.242 e. The quantitative estimate of drug-likeness (QED) is 0.813. The van der Waals surface area contributed by atoms with Gasteiger partial charge in [-0.05, 0) is 27.2 Å². The molecule has 1 amide bonds. The monoisotopic (exact) mass is 254 g/mol. The predicted molar refractivity (Wildman–Crippen MR) is 66.6 cm³/mol. The lowest BCUT2D eigenvalue weighted by molar-refractivity contribution is -0.171. The van der Waals surface area contributed by atoms with Gasteiger partial charge in [-0.25, -0.2) is 0 Å². The number of rotatable bonds is 3. The Kier molecular flexibility index (Phi) is 4.36. The molecule has 2 atom stereocenters. The first kappa shape index (κ1) is 14.9. The summed E-state index contributed by atoms with van der Waals surface area (Å²) in [4.78, 5) is 14.0. The Balaban J connectivity index is 2.89. The highest BCUT2D eigenvalue weighted by Crippen LogP contribution is 2.28. The normalized spacial score (nSPS) is 26.2. The Morgan fingerprint density at radius 1 is 1.67 bits per heavy atom. The molecule has 0 aromatic rings. The number of aliphatic hydroxyl groups is 1. The van der Waals surface area contributed by atoms with Gasteiger partial charge in [0.05, 0.1) is 24.4 Å². The fourth-order valence-corrected chi connectivity index (χ4v) is 2.17. The number of amides is 1. The standard InChI is InChI=1S/C13H22N2O3/c1-5-13(4,8-14)11(17)15-6-10(7-16)18-12(2,3)9-15/h10,16H,5-7,9H2,1-4H3. The summed E-state index contributed by atoms with van der Waals surface area (Å²) < 4.78 is 5.66. The number of carbonyl (C=O) groups excluding carboxylic acids is 1. The third kappa shape index (κ3) is 3.01. The lowest BCUT2D eigenvalue weighted by atomic mass is 9.87. The van der Waals surface area contributed by atoms with Gasteiger partial charge in [0.25, 0.3) is 0 Å². The average Bonchev–Trinajstić information content (AvgIpc) is 2.34. The Labute approximate surface area is 108 Å². The van der Waals surface area contributed by atoms with Gasteiger partial charge in [0, 0.05) is 13.1 Å². The second-order valence-corrected chi connectivity index (χ2v) is 5.67. The molecule has 2 unspecified atom stereocenters. The molecule has 0 aromatic carbocycles. The summed E-state index contributed by atoms with van der Waals surface area (Å²) in [5.74, 6) is -0.178. The van der Waals surface area contributed by atoms with Crippen LogP contribution in [0.1, 0.15) is 34.1 Å². The van der Waals surface area contributed by atoms with E-state index in [4.69, 9.17) is 10.00 Å². The molecule has 1 rings (SSSR count). The number of morpholine rings is 1. The van der Waals surface area contributed by atoms with Crippen LogP contribution >= 0.6 is 0 Å². The molecule has 0 bridgehead atoms. The van der Waals surface area contributed by atoms with Gasteiger partial charge in [0.2, 0.25) is 5.91 Å². The minimum absolute atomic E-state index is 0.122. The molecule has 102 valence electrons. The molecule has 5 heteroatoms. The van der Waals surface area contributed by atoms with E-state index in [1.54, 1.807) is 11.8 Å². The number of aliphatic hydroxyl groups excluding tert-OH is 1. The van der Waals surface area contributed by atoms with Crippen molar-refractivity contribution in [3.8, 4) is 6.07 Å². The lowest BCUT2D eigenvalue weighted by Gasteiger charge is -2.44. The van der Waals surface area contributed by atoms with Crippen LogP contribution in [0.2, 0.25) is 0 Å². The average molecular weight is 254 g/mol. The Bertz CT molecular complexity index is 362. The fourth-order valence-electron chi connectivity index (χ4n) is 2.17. The maximum absolute atomic E-state index is 12.4. The predicted octanol–water partition coefficient (Wildman–Crippen LogP) is 0.925. The summed E-state index contributed by atoms with van der Waals surface area (Å²) in [6, 6.07) is 2.09. The molecule has 0 aromatic heterocycles. The van der Waals surface area contributed by atoms with Gasteiger partial charge < -0.3 is 14.7 Å². The van der Waals surface area contributed by atoms with Crippen molar-refractivity contribution in [1.82, 2.24) is 4.90 Å². The van der Waals surface area contributed by atoms with Crippen molar-refractivity contribution >= 4 is 5.91 Å². The summed E-state index contributed by atoms with van der Waals surface area (Å²) in [6.07, 6.45) is 0.0988. The first-order valence-electron chi connectivity index (χ1n) is 6.27. The third-order valence-corrected chi connectivity index (χ3v) is 3.40. The number of hydrogen-bond acceptors (Lipinski definition) is 4. The van der Waals surface area contributed by atoms with Crippen LogP contribution in [0.4, 0.5) is 0 Å². The van der Waals surface area contributed by atoms with E-state index in [-0.39, 0.29) is 18.6 Å². The molecular weight excluding hydrogens is 232 g/mol. The molecule has 1 aliphatic heterocycles. The van der Waals surface area contributed by atoms with Crippen molar-refractivity contribution in [1.29, 1.82) is 5.26 Å². The van der Waals surface area contributed by atoms with E-state index in [0.29, 0.717) is 19.5 Å². The Morgan fingerprint density at radius 3 is 2.72 bits per heavy atom. The molecule has 0 aliphatic carbocycles. The number of carbonyl (C=O) groups is 1. The number of hydrogen-bond donors (Lipinski definition) is 1. The third-order valence-electron chi connectivity index (χ3n) is 3.40. The molecule has 1 heterocycles. The number of nitriles is 1. The van der Waals surface area contributed by atoms with Crippen LogP contribution < -0.4 is 0 Å². The molecule has 1 saturated heterocycles. The van der Waals surface area contributed by atoms with Crippen molar-refractivity contribution in [2.24, 2.45) is 5.41 Å². The first-order valence-corrected chi connectivity index (χ1v) is 6.27. The van der Waals surface area contributed by atoms with E-state index in [0.717, 1.165) is 0 Å². The molecule has 1 fully saturated rings. The van der Waals surface area contributed by atoms with Crippen LogP contribution in [0, 0.1) is 16.7 Å². The molecule has 0 radical (unpaired) electrons. The fraction of sp³-hybridized carbons (Fsp3) is 0.846. The van der Waals surface area contributed by atoms with Gasteiger partial charge in [0.15, 0.2) is 0 Å². The Morgan fingerprint density at radius 2 is 2.28 bits per heavy atom. The van der Waals surface area contributed by atoms with Gasteiger partial charge in [-0.3, -0.25) is 4.79 Å². The lowest BCUT2D eigenvalue weighted by Crippen LogP contribution is -2.58. The molecule has 1 aliphatic rings. The Hall–Kier alpha value is -1.12. The van der Waals surface area contributed by atoms with Crippen molar-refractivity contribution in [3.05, 3.63) is 0 Å². The van der Waals surface area contributed by atoms with E-state index in [1.165, 1.54) is 0 Å². The van der Waals surface area contributed by atoms with Crippen LogP contribution in [-0.4, -0.2) is 47.3 Å². The van der Waals surface area contributed by atoms with Gasteiger partial charge in [0.1, 0.15) is 5.41 Å². The maximum atomic E-state index is 12.4. The largest absolute Gasteiger partial charge is 0.394 e. The van der Waals surface area contributed by atoms with Crippen molar-refractivity contribution in [3.63, 3.8) is 0 Å². The second kappa shape index (κ2) is 5.25. The minimum atomic E-state index is -0.993. The van der Waals surface area contributed by atoms with E-state index < -0.39 is 11.0 Å². The molecular formula is C13H22N2O3. The van der Waals surface area contributed by atoms with Crippen molar-refractivity contribution in [2.75, 3.05) is 19.7 Å². The molecule has 1 N–H and O–H groups in total. The molecule has 5 nitrogen and oxygen atoms in total. The highest BCUT2D eigenvalue weighted by atomic mass is 16.5. The highest BCUT2D eigenvalue weighted by Gasteiger charge is 2.41. The van der Waals surface area contributed by atoms with Gasteiger partial charge in [-0.2, -0.15) is 5.26 Å².